The molecule has 0 atom stereocenters. The van der Waals surface area contributed by atoms with Gasteiger partial charge in [0.25, 0.3) is 0 Å². The van der Waals surface area contributed by atoms with Crippen LogP contribution in [0.4, 0.5) is 4.39 Å². The van der Waals surface area contributed by atoms with Crippen molar-refractivity contribution in [2.45, 2.75) is 24.8 Å². The average molecular weight is 340 g/mol. The van der Waals surface area contributed by atoms with Gasteiger partial charge in [-0.3, -0.25) is 0 Å². The Morgan fingerprint density at radius 1 is 1.44 bits per heavy atom. The minimum absolute atomic E-state index is 0.114. The molecule has 0 radical (unpaired) electrons. The van der Waals surface area contributed by atoms with Gasteiger partial charge in [0.2, 0.25) is 10.0 Å². The lowest BCUT2D eigenvalue weighted by Crippen LogP contribution is -2.17. The summed E-state index contributed by atoms with van der Waals surface area (Å²) in [5.74, 6) is -1.72. The Balaban J connectivity index is 3.39. The topological polar surface area (TPSA) is 86.5 Å². The third-order valence-corrected chi connectivity index (χ3v) is 3.92. The van der Waals surface area contributed by atoms with Crippen LogP contribution in [-0.4, -0.2) is 20.5 Å². The third-order valence-electron chi connectivity index (χ3n) is 1.87. The standard InChI is InChI=1S/C10H11BrFNO4S/c1-5(2)17-10(14)7-3-6(12)4-8(9(7)11)18(13,15)16/h3-5H,1-2H3,(H2,13,15,16). The number of hydrogen-bond acceptors (Lipinski definition) is 4. The van der Waals surface area contributed by atoms with Crippen molar-refractivity contribution in [2.24, 2.45) is 5.14 Å². The van der Waals surface area contributed by atoms with Gasteiger partial charge >= 0.3 is 5.97 Å². The molecule has 1 aromatic carbocycles. The number of sulfonamides is 1. The SMILES string of the molecule is CC(C)OC(=O)c1cc(F)cc(S(N)(=O)=O)c1Br. The van der Waals surface area contributed by atoms with Crippen LogP contribution >= 0.6 is 15.9 Å². The van der Waals surface area contributed by atoms with Gasteiger partial charge in [0, 0.05) is 0 Å². The normalized spacial score (nSPS) is 11.7. The van der Waals surface area contributed by atoms with E-state index in [2.05, 4.69) is 15.9 Å². The van der Waals surface area contributed by atoms with Crippen LogP contribution in [0.5, 0.6) is 0 Å². The first-order chi connectivity index (χ1) is 8.12. The highest BCUT2D eigenvalue weighted by Crippen LogP contribution is 2.27. The summed E-state index contributed by atoms with van der Waals surface area (Å²) in [7, 11) is -4.14. The Kier molecular flexibility index (Phi) is 4.46. The van der Waals surface area contributed by atoms with E-state index in [0.717, 1.165) is 12.1 Å². The number of carbonyl (C=O) groups excluding carboxylic acids is 1. The first-order valence-corrected chi connectivity index (χ1v) is 7.19. The maximum Gasteiger partial charge on any atom is 0.339 e. The molecule has 5 nitrogen and oxygen atoms in total. The molecule has 2 N–H and O–H groups in total. The van der Waals surface area contributed by atoms with Gasteiger partial charge in [0.1, 0.15) is 5.82 Å². The second kappa shape index (κ2) is 5.33. The zero-order chi connectivity index (χ0) is 14.1. The van der Waals surface area contributed by atoms with E-state index in [9.17, 15) is 17.6 Å². The molecule has 8 heteroatoms. The van der Waals surface area contributed by atoms with Crippen molar-refractivity contribution in [3.63, 3.8) is 0 Å². The molecular formula is C10H11BrFNO4S. The van der Waals surface area contributed by atoms with E-state index < -0.39 is 32.8 Å². The first kappa shape index (κ1) is 15.1. The van der Waals surface area contributed by atoms with E-state index in [1.165, 1.54) is 0 Å². The van der Waals surface area contributed by atoms with Gasteiger partial charge in [0.05, 0.1) is 21.0 Å². The van der Waals surface area contributed by atoms with Crippen LogP contribution in [-0.2, 0) is 14.8 Å². The second-order valence-electron chi connectivity index (χ2n) is 3.76. The summed E-state index contributed by atoms with van der Waals surface area (Å²) in [4.78, 5) is 11.2. The maximum atomic E-state index is 13.3. The van der Waals surface area contributed by atoms with Crippen molar-refractivity contribution in [3.05, 3.63) is 28.0 Å². The minimum atomic E-state index is -4.14. The number of primary sulfonamides is 1. The zero-order valence-electron chi connectivity index (χ0n) is 9.61. The number of halogens is 2. The Labute approximate surface area is 112 Å². The van der Waals surface area contributed by atoms with E-state index in [0.29, 0.717) is 0 Å². The van der Waals surface area contributed by atoms with E-state index in [4.69, 9.17) is 9.88 Å². The monoisotopic (exact) mass is 339 g/mol. The maximum absolute atomic E-state index is 13.3. The van der Waals surface area contributed by atoms with Crippen molar-refractivity contribution in [3.8, 4) is 0 Å². The summed E-state index contributed by atoms with van der Waals surface area (Å²) in [5, 5.41) is 4.92. The number of rotatable bonds is 3. The number of esters is 1. The van der Waals surface area contributed by atoms with Crippen molar-refractivity contribution in [1.82, 2.24) is 0 Å². The molecule has 1 aromatic rings. The fraction of sp³-hybridized carbons (Fsp3) is 0.300. The van der Waals surface area contributed by atoms with Crippen LogP contribution in [0.25, 0.3) is 0 Å². The molecule has 0 amide bonds. The predicted molar refractivity (Wildman–Crippen MR) is 66.0 cm³/mol. The molecule has 0 aliphatic rings. The minimum Gasteiger partial charge on any atom is -0.459 e. The Morgan fingerprint density at radius 3 is 2.44 bits per heavy atom. The second-order valence-corrected chi connectivity index (χ2v) is 6.09. The summed E-state index contributed by atoms with van der Waals surface area (Å²) in [6.45, 7) is 3.23. The van der Waals surface area contributed by atoms with E-state index >= 15 is 0 Å². The fourth-order valence-corrected chi connectivity index (χ4v) is 2.90. The Hall–Kier alpha value is -0.990. The van der Waals surface area contributed by atoms with E-state index in [-0.39, 0.29) is 10.0 Å². The van der Waals surface area contributed by atoms with Crippen molar-refractivity contribution < 1.29 is 22.3 Å². The molecule has 0 saturated heterocycles. The lowest BCUT2D eigenvalue weighted by atomic mass is 10.2. The van der Waals surface area contributed by atoms with Crippen LogP contribution in [0.15, 0.2) is 21.5 Å². The lowest BCUT2D eigenvalue weighted by molar-refractivity contribution is 0.0376. The average Bonchev–Trinajstić information content (AvgIpc) is 2.18. The third kappa shape index (κ3) is 3.50. The van der Waals surface area contributed by atoms with Gasteiger partial charge < -0.3 is 4.74 Å². The molecule has 0 aliphatic heterocycles. The molecule has 0 saturated carbocycles. The van der Waals surface area contributed by atoms with Gasteiger partial charge in [-0.05, 0) is 41.9 Å². The largest absolute Gasteiger partial charge is 0.459 e. The number of benzene rings is 1. The zero-order valence-corrected chi connectivity index (χ0v) is 12.0. The summed E-state index contributed by atoms with van der Waals surface area (Å²) in [6, 6.07) is 1.61. The van der Waals surface area contributed by atoms with Gasteiger partial charge in [-0.15, -0.1) is 0 Å². The molecule has 0 spiro atoms. The molecule has 0 unspecified atom stereocenters. The van der Waals surface area contributed by atoms with Crippen LogP contribution in [0.1, 0.15) is 24.2 Å². The van der Waals surface area contributed by atoms with Crippen molar-refractivity contribution in [2.75, 3.05) is 0 Å². The Bertz CT molecular complexity index is 586. The van der Waals surface area contributed by atoms with Crippen molar-refractivity contribution >= 4 is 31.9 Å². The van der Waals surface area contributed by atoms with Gasteiger partial charge in [-0.2, -0.15) is 0 Å². The summed E-state index contributed by atoms with van der Waals surface area (Å²) in [6.07, 6.45) is -0.411. The molecule has 1 rings (SSSR count). The number of carbonyl (C=O) groups is 1. The molecule has 0 heterocycles. The molecule has 0 fully saturated rings. The van der Waals surface area contributed by atoms with Crippen LogP contribution in [0, 0.1) is 5.82 Å². The first-order valence-electron chi connectivity index (χ1n) is 4.85. The van der Waals surface area contributed by atoms with Crippen LogP contribution in [0.2, 0.25) is 0 Å². The smallest absolute Gasteiger partial charge is 0.339 e. The number of hydrogen-bond donors (Lipinski definition) is 1. The highest BCUT2D eigenvalue weighted by molar-refractivity contribution is 9.10. The van der Waals surface area contributed by atoms with Crippen LogP contribution < -0.4 is 5.14 Å². The predicted octanol–water partition coefficient (Wildman–Crippen LogP) is 1.80. The molecule has 0 aromatic heterocycles. The highest BCUT2D eigenvalue weighted by atomic mass is 79.9. The van der Waals surface area contributed by atoms with Gasteiger partial charge in [0.15, 0.2) is 0 Å². The summed E-state index contributed by atoms with van der Waals surface area (Å²) >= 11 is 2.92. The molecule has 100 valence electrons. The van der Waals surface area contributed by atoms with E-state index in [1.807, 2.05) is 0 Å². The Morgan fingerprint density at radius 2 is 2.00 bits per heavy atom. The lowest BCUT2D eigenvalue weighted by Gasteiger charge is -2.11. The van der Waals surface area contributed by atoms with Crippen LogP contribution in [0.3, 0.4) is 0 Å². The molecular weight excluding hydrogens is 329 g/mol. The van der Waals surface area contributed by atoms with E-state index in [1.54, 1.807) is 13.8 Å². The fourth-order valence-electron chi connectivity index (χ4n) is 1.20. The molecule has 0 aliphatic carbocycles. The number of nitrogens with two attached hydrogens (primary N) is 1. The number of ether oxygens (including phenoxy) is 1. The molecule has 0 bridgehead atoms. The molecule has 18 heavy (non-hydrogen) atoms. The van der Waals surface area contributed by atoms with Gasteiger partial charge in [-0.1, -0.05) is 0 Å². The summed E-state index contributed by atoms with van der Waals surface area (Å²) in [5.41, 5.74) is -0.229. The highest BCUT2D eigenvalue weighted by Gasteiger charge is 2.22. The van der Waals surface area contributed by atoms with Gasteiger partial charge in [-0.25, -0.2) is 22.7 Å². The summed E-state index contributed by atoms with van der Waals surface area (Å²) < 4.78 is 40.5. The van der Waals surface area contributed by atoms with Crippen molar-refractivity contribution in [1.29, 1.82) is 0 Å². The quantitative estimate of drug-likeness (QED) is 0.850.